The van der Waals surface area contributed by atoms with Gasteiger partial charge in [-0.05, 0) is 0 Å². The Morgan fingerprint density at radius 2 is 2.33 bits per heavy atom. The van der Waals surface area contributed by atoms with Gasteiger partial charge in [0.2, 0.25) is 0 Å². The zero-order chi connectivity index (χ0) is 10.7. The molecular formula is C9H13N5S. The highest BCUT2D eigenvalue weighted by Gasteiger charge is 2.06. The summed E-state index contributed by atoms with van der Waals surface area (Å²) in [6, 6.07) is 0.489. The van der Waals surface area contributed by atoms with Gasteiger partial charge in [0.1, 0.15) is 10.7 Å². The zero-order valence-electron chi connectivity index (χ0n) is 8.69. The molecule has 2 N–H and O–H groups in total. The summed E-state index contributed by atoms with van der Waals surface area (Å²) in [4.78, 5) is 5.50. The minimum Gasteiger partial charge on any atom is -0.310 e. The maximum atomic E-state index is 4.29. The third-order valence-electron chi connectivity index (χ3n) is 1.87. The van der Waals surface area contributed by atoms with Crippen LogP contribution >= 0.6 is 11.3 Å². The molecule has 2 heterocycles. The minimum absolute atomic E-state index is 0.489. The normalized spacial score (nSPS) is 11.1. The van der Waals surface area contributed by atoms with E-state index in [1.165, 1.54) is 4.88 Å². The fraction of sp³-hybridized carbons (Fsp3) is 0.444. The van der Waals surface area contributed by atoms with Crippen LogP contribution in [0.3, 0.4) is 0 Å². The highest BCUT2D eigenvalue weighted by molar-refractivity contribution is 7.14. The van der Waals surface area contributed by atoms with Crippen molar-refractivity contribution in [3.8, 4) is 10.7 Å². The van der Waals surface area contributed by atoms with Crippen LogP contribution in [0, 0.1) is 0 Å². The Labute approximate surface area is 91.9 Å². The molecule has 0 bridgehead atoms. The Balaban J connectivity index is 2.04. The van der Waals surface area contributed by atoms with E-state index in [-0.39, 0.29) is 0 Å². The Kier molecular flexibility index (Phi) is 3.08. The van der Waals surface area contributed by atoms with Crippen molar-refractivity contribution in [2.24, 2.45) is 0 Å². The van der Waals surface area contributed by atoms with Crippen molar-refractivity contribution in [1.29, 1.82) is 0 Å². The summed E-state index contributed by atoms with van der Waals surface area (Å²) >= 11 is 1.64. The van der Waals surface area contributed by atoms with Crippen molar-refractivity contribution < 1.29 is 0 Å². The van der Waals surface area contributed by atoms with E-state index in [9.17, 15) is 0 Å². The van der Waals surface area contributed by atoms with E-state index in [0.717, 1.165) is 17.2 Å². The third kappa shape index (κ3) is 2.60. The van der Waals surface area contributed by atoms with Crippen LogP contribution in [0.5, 0.6) is 0 Å². The van der Waals surface area contributed by atoms with Crippen molar-refractivity contribution in [3.05, 3.63) is 17.3 Å². The number of H-pyrrole nitrogens is 1. The maximum Gasteiger partial charge on any atom is 0.145 e. The number of hydrogen-bond donors (Lipinski definition) is 2. The van der Waals surface area contributed by atoms with Crippen molar-refractivity contribution in [1.82, 2.24) is 25.7 Å². The summed E-state index contributed by atoms with van der Waals surface area (Å²) < 4.78 is 0. The highest BCUT2D eigenvalue weighted by Crippen LogP contribution is 2.22. The molecule has 0 radical (unpaired) electrons. The third-order valence-corrected chi connectivity index (χ3v) is 2.89. The smallest absolute Gasteiger partial charge is 0.145 e. The lowest BCUT2D eigenvalue weighted by atomic mass is 10.4. The molecule has 2 aromatic heterocycles. The van der Waals surface area contributed by atoms with Crippen molar-refractivity contribution in [2.45, 2.75) is 26.4 Å². The van der Waals surface area contributed by atoms with Gasteiger partial charge in [-0.3, -0.25) is 0 Å². The first-order chi connectivity index (χ1) is 7.25. The van der Waals surface area contributed by atoms with Gasteiger partial charge in [-0.15, -0.1) is 11.3 Å². The molecule has 0 unspecified atom stereocenters. The number of rotatable bonds is 4. The molecule has 0 aliphatic rings. The monoisotopic (exact) mass is 223 g/mol. The van der Waals surface area contributed by atoms with Gasteiger partial charge in [-0.25, -0.2) is 4.98 Å². The number of hydrogen-bond acceptors (Lipinski definition) is 5. The predicted molar refractivity (Wildman–Crippen MR) is 59.5 cm³/mol. The first kappa shape index (κ1) is 10.3. The van der Waals surface area contributed by atoms with Gasteiger partial charge in [-0.1, -0.05) is 13.8 Å². The molecule has 0 atom stereocenters. The summed E-state index contributed by atoms with van der Waals surface area (Å²) in [5, 5.41) is 14.6. The molecular weight excluding hydrogens is 210 g/mol. The number of aromatic amines is 1. The van der Waals surface area contributed by atoms with Crippen LogP contribution < -0.4 is 5.32 Å². The molecule has 15 heavy (non-hydrogen) atoms. The molecule has 0 aromatic carbocycles. The Morgan fingerprint density at radius 3 is 3.00 bits per heavy atom. The molecule has 6 heteroatoms. The molecule has 0 saturated carbocycles. The number of thiazole rings is 1. The van der Waals surface area contributed by atoms with Gasteiger partial charge < -0.3 is 5.32 Å². The molecule has 2 rings (SSSR count). The van der Waals surface area contributed by atoms with Gasteiger partial charge in [0, 0.05) is 23.7 Å². The molecule has 0 aliphatic carbocycles. The van der Waals surface area contributed by atoms with Crippen LogP contribution in [0.1, 0.15) is 18.7 Å². The van der Waals surface area contributed by atoms with Crippen LogP contribution in [-0.2, 0) is 6.54 Å². The first-order valence-electron chi connectivity index (χ1n) is 4.80. The lowest BCUT2D eigenvalue weighted by Gasteiger charge is -2.04. The Bertz CT molecular complexity index is 406. The second-order valence-corrected chi connectivity index (χ2v) is 4.64. The molecule has 5 nitrogen and oxygen atoms in total. The molecule has 80 valence electrons. The summed E-state index contributed by atoms with van der Waals surface area (Å²) in [6.45, 7) is 5.10. The average Bonchev–Trinajstić information content (AvgIpc) is 2.85. The lowest BCUT2D eigenvalue weighted by Crippen LogP contribution is -2.21. The standard InChI is InChI=1S/C9H13N5S/c1-6(2)10-3-7-4-11-9(15-7)8-5-12-14-13-8/h4-6,10H,3H2,1-2H3,(H,12,13,14). The molecule has 0 aliphatic heterocycles. The topological polar surface area (TPSA) is 66.5 Å². The Hall–Kier alpha value is -1.27. The van der Waals surface area contributed by atoms with E-state index in [4.69, 9.17) is 0 Å². The maximum absolute atomic E-state index is 4.29. The lowest BCUT2D eigenvalue weighted by molar-refractivity contribution is 0.593. The number of nitrogens with one attached hydrogen (secondary N) is 2. The van der Waals surface area contributed by atoms with E-state index in [2.05, 4.69) is 39.6 Å². The summed E-state index contributed by atoms with van der Waals surface area (Å²) in [7, 11) is 0. The summed E-state index contributed by atoms with van der Waals surface area (Å²) in [5.74, 6) is 0. The molecule has 0 saturated heterocycles. The van der Waals surface area contributed by atoms with Crippen LogP contribution in [0.25, 0.3) is 10.7 Å². The van der Waals surface area contributed by atoms with Crippen LogP contribution in [0.15, 0.2) is 12.4 Å². The van der Waals surface area contributed by atoms with Crippen molar-refractivity contribution in [3.63, 3.8) is 0 Å². The molecule has 0 fully saturated rings. The Morgan fingerprint density at radius 1 is 1.47 bits per heavy atom. The van der Waals surface area contributed by atoms with Gasteiger partial charge in [0.15, 0.2) is 0 Å². The van der Waals surface area contributed by atoms with Gasteiger partial charge in [0.25, 0.3) is 0 Å². The fourth-order valence-corrected chi connectivity index (χ4v) is 1.93. The van der Waals surface area contributed by atoms with E-state index in [0.29, 0.717) is 6.04 Å². The fourth-order valence-electron chi connectivity index (χ4n) is 1.12. The predicted octanol–water partition coefficient (Wildman–Crippen LogP) is 1.43. The second kappa shape index (κ2) is 4.50. The van der Waals surface area contributed by atoms with Gasteiger partial charge in [0.05, 0.1) is 6.20 Å². The van der Waals surface area contributed by atoms with Gasteiger partial charge >= 0.3 is 0 Å². The van der Waals surface area contributed by atoms with Crippen LogP contribution in [-0.4, -0.2) is 26.4 Å². The molecule has 0 spiro atoms. The van der Waals surface area contributed by atoms with Crippen LogP contribution in [0.2, 0.25) is 0 Å². The summed E-state index contributed by atoms with van der Waals surface area (Å²) in [6.07, 6.45) is 3.56. The van der Waals surface area contributed by atoms with Crippen molar-refractivity contribution in [2.75, 3.05) is 0 Å². The van der Waals surface area contributed by atoms with E-state index < -0.39 is 0 Å². The van der Waals surface area contributed by atoms with E-state index >= 15 is 0 Å². The van der Waals surface area contributed by atoms with E-state index in [1.807, 2.05) is 6.20 Å². The van der Waals surface area contributed by atoms with E-state index in [1.54, 1.807) is 17.5 Å². The number of nitrogens with zero attached hydrogens (tertiary/aromatic N) is 3. The zero-order valence-corrected chi connectivity index (χ0v) is 9.51. The molecule has 2 aromatic rings. The van der Waals surface area contributed by atoms with Gasteiger partial charge in [-0.2, -0.15) is 15.4 Å². The first-order valence-corrected chi connectivity index (χ1v) is 5.61. The largest absolute Gasteiger partial charge is 0.310 e. The van der Waals surface area contributed by atoms with Crippen molar-refractivity contribution >= 4 is 11.3 Å². The quantitative estimate of drug-likeness (QED) is 0.822. The number of aromatic nitrogens is 4. The average molecular weight is 223 g/mol. The minimum atomic E-state index is 0.489. The second-order valence-electron chi connectivity index (χ2n) is 3.52. The molecule has 0 amide bonds. The highest BCUT2D eigenvalue weighted by atomic mass is 32.1. The SMILES string of the molecule is CC(C)NCc1cnc(-c2cn[nH]n2)s1. The van der Waals surface area contributed by atoms with Crippen LogP contribution in [0.4, 0.5) is 0 Å². The summed E-state index contributed by atoms with van der Waals surface area (Å²) in [5.41, 5.74) is 0.802.